The smallest absolute Gasteiger partial charge is 0.416 e. The van der Waals surface area contributed by atoms with Crippen LogP contribution in [0.15, 0.2) is 42.7 Å². The van der Waals surface area contributed by atoms with Crippen molar-refractivity contribution in [2.24, 2.45) is 0 Å². The minimum atomic E-state index is -4.34. The Bertz CT molecular complexity index is 893. The van der Waals surface area contributed by atoms with Gasteiger partial charge in [0.1, 0.15) is 6.33 Å². The molecule has 0 amide bonds. The second-order valence-corrected chi connectivity index (χ2v) is 5.42. The second kappa shape index (κ2) is 6.58. The van der Waals surface area contributed by atoms with Gasteiger partial charge in [0.05, 0.1) is 31.0 Å². The Balaban J connectivity index is 1.98. The van der Waals surface area contributed by atoms with Crippen molar-refractivity contribution in [3.8, 4) is 11.5 Å². The van der Waals surface area contributed by atoms with Gasteiger partial charge < -0.3 is 9.47 Å². The minimum absolute atomic E-state index is 0.382. The van der Waals surface area contributed by atoms with Gasteiger partial charge in [0.2, 0.25) is 0 Å². The molecule has 1 heterocycles. The molecule has 0 aliphatic rings. The van der Waals surface area contributed by atoms with Crippen molar-refractivity contribution in [1.29, 1.82) is 0 Å². The Morgan fingerprint density at radius 1 is 0.920 bits per heavy atom. The SMILES string of the molecule is COc1cc2ncnc(Cc3ccc(C(F)(F)F)cc3)c2cc1OC. The van der Waals surface area contributed by atoms with Crippen LogP contribution in [-0.4, -0.2) is 24.2 Å². The van der Waals surface area contributed by atoms with Crippen molar-refractivity contribution in [1.82, 2.24) is 9.97 Å². The zero-order valence-electron chi connectivity index (χ0n) is 13.6. The van der Waals surface area contributed by atoms with E-state index in [1.807, 2.05) is 0 Å². The van der Waals surface area contributed by atoms with Crippen molar-refractivity contribution in [2.45, 2.75) is 12.6 Å². The van der Waals surface area contributed by atoms with E-state index in [-0.39, 0.29) is 0 Å². The van der Waals surface area contributed by atoms with Crippen LogP contribution in [0.5, 0.6) is 11.5 Å². The van der Waals surface area contributed by atoms with Crippen molar-refractivity contribution in [3.05, 3.63) is 59.5 Å². The molecule has 0 saturated carbocycles. The second-order valence-electron chi connectivity index (χ2n) is 5.42. The van der Waals surface area contributed by atoms with E-state index in [1.165, 1.54) is 32.7 Å². The molecule has 0 bridgehead atoms. The first-order chi connectivity index (χ1) is 11.9. The number of rotatable bonds is 4. The van der Waals surface area contributed by atoms with Gasteiger partial charge in [-0.1, -0.05) is 12.1 Å². The highest BCUT2D eigenvalue weighted by Gasteiger charge is 2.29. The van der Waals surface area contributed by atoms with E-state index in [9.17, 15) is 13.2 Å². The number of halogens is 3. The molecule has 3 aromatic rings. The third kappa shape index (κ3) is 3.50. The summed E-state index contributed by atoms with van der Waals surface area (Å²) < 4.78 is 48.5. The van der Waals surface area contributed by atoms with Crippen LogP contribution < -0.4 is 9.47 Å². The van der Waals surface area contributed by atoms with Crippen molar-refractivity contribution < 1.29 is 22.6 Å². The number of methoxy groups -OCH3 is 2. The third-order valence-electron chi connectivity index (χ3n) is 3.88. The predicted molar refractivity (Wildman–Crippen MR) is 86.9 cm³/mol. The van der Waals surface area contributed by atoms with E-state index in [1.54, 1.807) is 12.1 Å². The van der Waals surface area contributed by atoms with Crippen LogP contribution in [0.25, 0.3) is 10.9 Å². The molecule has 0 saturated heterocycles. The molecule has 0 fully saturated rings. The molecule has 0 radical (unpaired) electrons. The summed E-state index contributed by atoms with van der Waals surface area (Å²) in [4.78, 5) is 8.49. The van der Waals surface area contributed by atoms with Gasteiger partial charge in [-0.05, 0) is 23.8 Å². The molecular weight excluding hydrogens is 333 g/mol. The highest BCUT2D eigenvalue weighted by atomic mass is 19.4. The van der Waals surface area contributed by atoms with Crippen LogP contribution >= 0.6 is 0 Å². The number of benzene rings is 2. The van der Waals surface area contributed by atoms with E-state index in [2.05, 4.69) is 9.97 Å². The summed E-state index contributed by atoms with van der Waals surface area (Å²) >= 11 is 0. The summed E-state index contributed by atoms with van der Waals surface area (Å²) in [6, 6.07) is 8.57. The summed E-state index contributed by atoms with van der Waals surface area (Å²) in [5.74, 6) is 1.09. The molecule has 130 valence electrons. The third-order valence-corrected chi connectivity index (χ3v) is 3.88. The summed E-state index contributed by atoms with van der Waals surface area (Å²) in [6.07, 6.45) is -2.54. The van der Waals surface area contributed by atoms with E-state index in [0.29, 0.717) is 29.1 Å². The van der Waals surface area contributed by atoms with Crippen LogP contribution in [0.1, 0.15) is 16.8 Å². The van der Waals surface area contributed by atoms with Crippen LogP contribution in [0.4, 0.5) is 13.2 Å². The Hall–Kier alpha value is -2.83. The zero-order valence-corrected chi connectivity index (χ0v) is 13.6. The highest BCUT2D eigenvalue weighted by molar-refractivity contribution is 5.84. The van der Waals surface area contributed by atoms with Gasteiger partial charge in [-0.2, -0.15) is 13.2 Å². The van der Waals surface area contributed by atoms with Crippen LogP contribution in [0.2, 0.25) is 0 Å². The Morgan fingerprint density at radius 2 is 1.56 bits per heavy atom. The van der Waals surface area contributed by atoms with Gasteiger partial charge >= 0.3 is 6.18 Å². The molecule has 25 heavy (non-hydrogen) atoms. The van der Waals surface area contributed by atoms with Crippen LogP contribution in [-0.2, 0) is 12.6 Å². The highest BCUT2D eigenvalue weighted by Crippen LogP contribution is 2.33. The molecular formula is C18H15F3N2O2. The van der Waals surface area contributed by atoms with Crippen molar-refractivity contribution >= 4 is 10.9 Å². The number of ether oxygens (including phenoxy) is 2. The lowest BCUT2D eigenvalue weighted by atomic mass is 10.0. The lowest BCUT2D eigenvalue weighted by molar-refractivity contribution is -0.137. The standard InChI is InChI=1S/C18H15F3N2O2/c1-24-16-8-13-14(22-10-23-15(13)9-17(16)25-2)7-11-3-5-12(6-4-11)18(19,20)21/h3-6,8-10H,7H2,1-2H3. The summed E-state index contributed by atoms with van der Waals surface area (Å²) in [6.45, 7) is 0. The number of hydrogen-bond donors (Lipinski definition) is 0. The zero-order chi connectivity index (χ0) is 18.0. The molecule has 2 aromatic carbocycles. The Kier molecular flexibility index (Phi) is 4.48. The summed E-state index contributed by atoms with van der Waals surface area (Å²) in [5.41, 5.74) is 1.43. The number of alkyl halides is 3. The van der Waals surface area contributed by atoms with Gasteiger partial charge in [-0.15, -0.1) is 0 Å². The number of hydrogen-bond acceptors (Lipinski definition) is 4. The first kappa shape index (κ1) is 17.0. The average Bonchev–Trinajstić information content (AvgIpc) is 2.60. The monoisotopic (exact) mass is 348 g/mol. The van der Waals surface area contributed by atoms with Crippen LogP contribution in [0, 0.1) is 0 Å². The van der Waals surface area contributed by atoms with Gasteiger partial charge in [0, 0.05) is 17.9 Å². The molecule has 1 aromatic heterocycles. The first-order valence-electron chi connectivity index (χ1n) is 7.44. The Morgan fingerprint density at radius 3 is 2.16 bits per heavy atom. The summed E-state index contributed by atoms with van der Waals surface area (Å²) in [5, 5.41) is 0.764. The molecule has 0 atom stereocenters. The molecule has 0 unspecified atom stereocenters. The van der Waals surface area contributed by atoms with Gasteiger partial charge in [-0.3, -0.25) is 0 Å². The van der Waals surface area contributed by atoms with E-state index in [4.69, 9.17) is 9.47 Å². The fraction of sp³-hybridized carbons (Fsp3) is 0.222. The van der Waals surface area contributed by atoms with Crippen molar-refractivity contribution in [2.75, 3.05) is 14.2 Å². The number of aromatic nitrogens is 2. The lowest BCUT2D eigenvalue weighted by Gasteiger charge is -2.11. The number of nitrogens with zero attached hydrogens (tertiary/aromatic N) is 2. The fourth-order valence-electron chi connectivity index (χ4n) is 2.58. The maximum absolute atomic E-state index is 12.7. The maximum Gasteiger partial charge on any atom is 0.416 e. The predicted octanol–water partition coefficient (Wildman–Crippen LogP) is 4.26. The maximum atomic E-state index is 12.7. The van der Waals surface area contributed by atoms with E-state index >= 15 is 0 Å². The molecule has 4 nitrogen and oxygen atoms in total. The molecule has 0 aliphatic heterocycles. The first-order valence-corrected chi connectivity index (χ1v) is 7.44. The fourth-order valence-corrected chi connectivity index (χ4v) is 2.58. The molecule has 7 heteroatoms. The summed E-state index contributed by atoms with van der Waals surface area (Å²) in [7, 11) is 3.07. The average molecular weight is 348 g/mol. The van der Waals surface area contributed by atoms with Crippen LogP contribution in [0.3, 0.4) is 0 Å². The normalized spacial score (nSPS) is 11.6. The number of fused-ring (bicyclic) bond motifs is 1. The topological polar surface area (TPSA) is 44.2 Å². The molecule has 0 spiro atoms. The molecule has 0 N–H and O–H groups in total. The van der Waals surface area contributed by atoms with E-state index in [0.717, 1.165) is 23.1 Å². The largest absolute Gasteiger partial charge is 0.493 e. The molecule has 0 aliphatic carbocycles. The van der Waals surface area contributed by atoms with Gasteiger partial charge in [-0.25, -0.2) is 9.97 Å². The quantitative estimate of drug-likeness (QED) is 0.707. The lowest BCUT2D eigenvalue weighted by Crippen LogP contribution is -2.04. The van der Waals surface area contributed by atoms with Gasteiger partial charge in [0.25, 0.3) is 0 Å². The van der Waals surface area contributed by atoms with E-state index < -0.39 is 11.7 Å². The van der Waals surface area contributed by atoms with Crippen molar-refractivity contribution in [3.63, 3.8) is 0 Å². The van der Waals surface area contributed by atoms with Gasteiger partial charge in [0.15, 0.2) is 11.5 Å². The minimum Gasteiger partial charge on any atom is -0.493 e. The molecule has 3 rings (SSSR count). The Labute approximate surface area is 142 Å².